The number of ether oxygens (including phenoxy) is 2. The minimum atomic E-state index is -0.326. The van der Waals surface area contributed by atoms with Crippen LogP contribution in [0.5, 0.6) is 11.5 Å². The number of nitrogens with one attached hydrogen (secondary N) is 2. The Morgan fingerprint density at radius 3 is 2.56 bits per heavy atom. The Kier molecular flexibility index (Phi) is 6.46. The first-order valence-electron chi connectivity index (χ1n) is 9.32. The summed E-state index contributed by atoms with van der Waals surface area (Å²) in [7, 11) is 3.13. The minimum absolute atomic E-state index is 0.297. The molecule has 0 unspecified atom stereocenters. The number of methoxy groups -OCH3 is 2. The zero-order valence-corrected chi connectivity index (χ0v) is 15.8. The second kappa shape index (κ2) is 9.21. The topological polar surface area (TPSA) is 85.4 Å². The van der Waals surface area contributed by atoms with E-state index in [9.17, 15) is 4.79 Å². The lowest BCUT2D eigenvalue weighted by molar-refractivity contribution is 0.102. The molecule has 2 aromatic rings. The van der Waals surface area contributed by atoms with Gasteiger partial charge in [-0.2, -0.15) is 0 Å². The summed E-state index contributed by atoms with van der Waals surface area (Å²) in [6.45, 7) is 0. The van der Waals surface area contributed by atoms with E-state index < -0.39 is 0 Å². The third-order valence-corrected chi connectivity index (χ3v) is 4.73. The summed E-state index contributed by atoms with van der Waals surface area (Å²) in [6.07, 6.45) is 8.82. The molecule has 0 atom stereocenters. The first-order valence-corrected chi connectivity index (χ1v) is 9.32. The van der Waals surface area contributed by atoms with Gasteiger partial charge in [0.25, 0.3) is 5.91 Å². The number of benzene rings is 1. The van der Waals surface area contributed by atoms with Crippen molar-refractivity contribution in [1.82, 2.24) is 9.97 Å². The number of carbonyl (C=O) groups excluding carboxylic acids is 1. The molecule has 0 spiro atoms. The van der Waals surface area contributed by atoms with Gasteiger partial charge in [-0.05, 0) is 31.0 Å². The standard InChI is InChI=1S/C20H26N4O3/c1-26-15-9-10-18(27-2)17(13-15)23-19(25)16-11-12-21-20(24-16)22-14-7-5-3-4-6-8-14/h9-14H,3-8H2,1-2H3,(H,23,25)(H,21,22,24). The fourth-order valence-electron chi connectivity index (χ4n) is 3.26. The predicted octanol–water partition coefficient (Wildman–Crippen LogP) is 3.88. The molecule has 1 heterocycles. The van der Waals surface area contributed by atoms with Crippen LogP contribution in [0, 0.1) is 0 Å². The molecule has 1 aromatic carbocycles. The highest BCUT2D eigenvalue weighted by Gasteiger charge is 2.16. The Bertz CT molecular complexity index is 774. The van der Waals surface area contributed by atoms with Gasteiger partial charge in [-0.3, -0.25) is 4.79 Å². The average Bonchev–Trinajstić information content (AvgIpc) is 2.96. The molecule has 0 radical (unpaired) electrons. The number of aromatic nitrogens is 2. The van der Waals surface area contributed by atoms with Gasteiger partial charge < -0.3 is 20.1 Å². The summed E-state index contributed by atoms with van der Waals surface area (Å²) < 4.78 is 10.5. The van der Waals surface area contributed by atoms with Crippen LogP contribution in [0.15, 0.2) is 30.5 Å². The zero-order valence-electron chi connectivity index (χ0n) is 15.8. The van der Waals surface area contributed by atoms with Crippen molar-refractivity contribution in [1.29, 1.82) is 0 Å². The van der Waals surface area contributed by atoms with E-state index in [0.29, 0.717) is 34.9 Å². The van der Waals surface area contributed by atoms with Gasteiger partial charge in [0.05, 0.1) is 19.9 Å². The van der Waals surface area contributed by atoms with E-state index in [1.165, 1.54) is 25.7 Å². The van der Waals surface area contributed by atoms with Crippen molar-refractivity contribution in [2.45, 2.75) is 44.6 Å². The SMILES string of the molecule is COc1ccc(OC)c(NC(=O)c2ccnc(NC3CCCCCC3)n2)c1. The Morgan fingerprint density at radius 1 is 1.07 bits per heavy atom. The molecule has 0 aliphatic heterocycles. The van der Waals surface area contributed by atoms with Crippen LogP contribution in [-0.2, 0) is 0 Å². The molecule has 1 amide bonds. The zero-order chi connectivity index (χ0) is 19.1. The van der Waals surface area contributed by atoms with Crippen molar-refractivity contribution in [3.8, 4) is 11.5 Å². The third kappa shape index (κ3) is 5.09. The summed E-state index contributed by atoms with van der Waals surface area (Å²) in [5, 5.41) is 6.21. The molecule has 1 aliphatic rings. The van der Waals surface area contributed by atoms with E-state index in [0.717, 1.165) is 12.8 Å². The molecule has 27 heavy (non-hydrogen) atoms. The monoisotopic (exact) mass is 370 g/mol. The lowest BCUT2D eigenvalue weighted by Crippen LogP contribution is -2.21. The normalized spacial score (nSPS) is 14.9. The van der Waals surface area contributed by atoms with Crippen LogP contribution in [0.3, 0.4) is 0 Å². The maximum atomic E-state index is 12.7. The predicted molar refractivity (Wildman–Crippen MR) is 105 cm³/mol. The molecule has 3 rings (SSSR count). The van der Waals surface area contributed by atoms with Crippen LogP contribution in [0.1, 0.15) is 49.0 Å². The van der Waals surface area contributed by atoms with Gasteiger partial charge in [-0.25, -0.2) is 9.97 Å². The van der Waals surface area contributed by atoms with Gasteiger partial charge in [0, 0.05) is 18.3 Å². The number of anilines is 2. The molecule has 0 bridgehead atoms. The van der Waals surface area contributed by atoms with Gasteiger partial charge in [0.2, 0.25) is 5.95 Å². The number of amides is 1. The van der Waals surface area contributed by atoms with Gasteiger partial charge >= 0.3 is 0 Å². The Hall–Kier alpha value is -2.83. The van der Waals surface area contributed by atoms with Gasteiger partial charge in [-0.1, -0.05) is 25.7 Å². The number of rotatable bonds is 6. The summed E-state index contributed by atoms with van der Waals surface area (Å²) in [6, 6.07) is 7.19. The van der Waals surface area contributed by atoms with E-state index in [1.54, 1.807) is 44.7 Å². The number of hydrogen-bond acceptors (Lipinski definition) is 6. The fourth-order valence-corrected chi connectivity index (χ4v) is 3.26. The van der Waals surface area contributed by atoms with Gasteiger partial charge in [-0.15, -0.1) is 0 Å². The lowest BCUT2D eigenvalue weighted by Gasteiger charge is -2.16. The molecule has 1 saturated carbocycles. The van der Waals surface area contributed by atoms with Crippen LogP contribution >= 0.6 is 0 Å². The molecule has 0 saturated heterocycles. The van der Waals surface area contributed by atoms with Crippen LogP contribution < -0.4 is 20.1 Å². The summed E-state index contributed by atoms with van der Waals surface area (Å²) in [5.41, 5.74) is 0.824. The van der Waals surface area contributed by atoms with Crippen LogP contribution in [-0.4, -0.2) is 36.1 Å². The summed E-state index contributed by atoms with van der Waals surface area (Å²) >= 11 is 0. The summed E-state index contributed by atoms with van der Waals surface area (Å²) in [5.74, 6) is 1.35. The van der Waals surface area contributed by atoms with Crippen LogP contribution in [0.4, 0.5) is 11.6 Å². The van der Waals surface area contributed by atoms with Crippen molar-refractivity contribution < 1.29 is 14.3 Å². The van der Waals surface area contributed by atoms with Crippen LogP contribution in [0.2, 0.25) is 0 Å². The molecule has 1 fully saturated rings. The largest absolute Gasteiger partial charge is 0.497 e. The molecule has 1 aliphatic carbocycles. The smallest absolute Gasteiger partial charge is 0.274 e. The van der Waals surface area contributed by atoms with E-state index in [4.69, 9.17) is 9.47 Å². The molecular formula is C20H26N4O3. The Labute approximate surface area is 159 Å². The molecule has 7 heteroatoms. The van der Waals surface area contributed by atoms with Crippen molar-refractivity contribution in [2.24, 2.45) is 0 Å². The minimum Gasteiger partial charge on any atom is -0.497 e. The second-order valence-corrected chi connectivity index (χ2v) is 6.62. The first-order chi connectivity index (χ1) is 13.2. The number of carbonyl (C=O) groups is 1. The van der Waals surface area contributed by atoms with Crippen molar-refractivity contribution in [2.75, 3.05) is 24.9 Å². The highest BCUT2D eigenvalue weighted by Crippen LogP contribution is 2.29. The third-order valence-electron chi connectivity index (χ3n) is 4.73. The molecule has 2 N–H and O–H groups in total. The summed E-state index contributed by atoms with van der Waals surface area (Å²) in [4.78, 5) is 21.3. The second-order valence-electron chi connectivity index (χ2n) is 6.62. The molecule has 1 aromatic heterocycles. The van der Waals surface area contributed by atoms with Crippen molar-refractivity contribution >= 4 is 17.5 Å². The van der Waals surface area contributed by atoms with Gasteiger partial charge in [0.15, 0.2) is 0 Å². The van der Waals surface area contributed by atoms with Crippen molar-refractivity contribution in [3.05, 3.63) is 36.2 Å². The fraction of sp³-hybridized carbons (Fsp3) is 0.450. The molecule has 144 valence electrons. The highest BCUT2D eigenvalue weighted by atomic mass is 16.5. The van der Waals surface area contributed by atoms with E-state index in [-0.39, 0.29) is 5.91 Å². The number of nitrogens with zero attached hydrogens (tertiary/aromatic N) is 2. The van der Waals surface area contributed by atoms with Gasteiger partial charge in [0.1, 0.15) is 17.2 Å². The van der Waals surface area contributed by atoms with Crippen LogP contribution in [0.25, 0.3) is 0 Å². The Morgan fingerprint density at radius 2 is 1.85 bits per heavy atom. The average molecular weight is 370 g/mol. The van der Waals surface area contributed by atoms with Crippen molar-refractivity contribution in [3.63, 3.8) is 0 Å². The lowest BCUT2D eigenvalue weighted by atomic mass is 10.1. The van der Waals surface area contributed by atoms with E-state index in [2.05, 4.69) is 20.6 Å². The highest BCUT2D eigenvalue weighted by molar-refractivity contribution is 6.03. The maximum absolute atomic E-state index is 12.7. The molecule has 7 nitrogen and oxygen atoms in total. The van der Waals surface area contributed by atoms with E-state index >= 15 is 0 Å². The quantitative estimate of drug-likeness (QED) is 0.751. The number of hydrogen-bond donors (Lipinski definition) is 2. The first kappa shape index (κ1) is 18.9. The Balaban J connectivity index is 1.72. The molecular weight excluding hydrogens is 344 g/mol. The maximum Gasteiger partial charge on any atom is 0.274 e. The van der Waals surface area contributed by atoms with E-state index in [1.807, 2.05) is 0 Å².